The second-order valence-corrected chi connectivity index (χ2v) is 9.13. The third-order valence-corrected chi connectivity index (χ3v) is 6.44. The number of carboxylic acids is 1. The molecule has 1 N–H and O–H groups in total. The van der Waals surface area contributed by atoms with Crippen molar-refractivity contribution < 1.29 is 32.5 Å². The van der Waals surface area contributed by atoms with E-state index in [4.69, 9.17) is 9.47 Å². The number of carbonyl (C=O) groups is 1. The maximum Gasteiger partial charge on any atom is 0.416 e. The topological polar surface area (TPSA) is 68.7 Å². The molecule has 188 valence electrons. The normalized spacial score (nSPS) is 12.5. The van der Waals surface area contributed by atoms with Gasteiger partial charge in [-0.15, -0.1) is 11.3 Å². The van der Waals surface area contributed by atoms with Crippen LogP contribution in [0.4, 0.5) is 13.2 Å². The number of hydrogen-bond donors (Lipinski definition) is 1. The highest BCUT2D eigenvalue weighted by molar-refractivity contribution is 7.09. The maximum absolute atomic E-state index is 12.7. The number of alkyl halides is 3. The van der Waals surface area contributed by atoms with Gasteiger partial charge in [-0.05, 0) is 62.1 Å². The van der Waals surface area contributed by atoms with Gasteiger partial charge in [-0.25, -0.2) is 9.78 Å². The van der Waals surface area contributed by atoms with Crippen LogP contribution in [-0.2, 0) is 28.5 Å². The van der Waals surface area contributed by atoms with Crippen molar-refractivity contribution in [2.75, 3.05) is 13.2 Å². The maximum atomic E-state index is 12.7. The average Bonchev–Trinajstić information content (AvgIpc) is 3.27. The van der Waals surface area contributed by atoms with Gasteiger partial charge in [0.15, 0.2) is 6.10 Å². The zero-order valence-corrected chi connectivity index (χ0v) is 20.6. The summed E-state index contributed by atoms with van der Waals surface area (Å²) in [4.78, 5) is 15.9. The highest BCUT2D eigenvalue weighted by Crippen LogP contribution is 2.31. The Morgan fingerprint density at radius 1 is 1.14 bits per heavy atom. The van der Waals surface area contributed by atoms with Gasteiger partial charge in [0, 0.05) is 30.4 Å². The quantitative estimate of drug-likeness (QED) is 0.301. The van der Waals surface area contributed by atoms with E-state index in [9.17, 15) is 23.1 Å². The molecule has 0 amide bonds. The summed E-state index contributed by atoms with van der Waals surface area (Å²) in [6, 6.07) is 8.87. The Balaban J connectivity index is 1.53. The predicted molar refractivity (Wildman–Crippen MR) is 129 cm³/mol. The number of nitrogens with zero attached hydrogens (tertiary/aromatic N) is 1. The Morgan fingerprint density at radius 3 is 2.49 bits per heavy atom. The van der Waals surface area contributed by atoms with Crippen LogP contribution in [-0.4, -0.2) is 35.4 Å². The van der Waals surface area contributed by atoms with E-state index in [2.05, 4.69) is 4.98 Å². The largest absolute Gasteiger partial charge is 0.493 e. The molecular formula is C26H28F3NO4S. The van der Waals surface area contributed by atoms with Crippen LogP contribution in [0.3, 0.4) is 0 Å². The van der Waals surface area contributed by atoms with Crippen molar-refractivity contribution in [1.82, 2.24) is 4.98 Å². The standard InChI is InChI=1S/C26H28F3NO4S/c1-4-33-23(25(31)32)14-19-12-17(3)22(13-16(19)2)34-11-5-6-24-30-21(15-35-24)18-7-9-20(10-8-18)26(27,28)29/h7-10,12-13,15,23H,4-6,11,14H2,1-3H3,(H,31,32). The zero-order chi connectivity index (χ0) is 25.6. The molecule has 0 aliphatic carbocycles. The monoisotopic (exact) mass is 507 g/mol. The first-order chi connectivity index (χ1) is 16.6. The number of halogens is 3. The lowest BCUT2D eigenvalue weighted by Crippen LogP contribution is -2.26. The molecule has 1 heterocycles. The Kier molecular flexibility index (Phi) is 8.91. The molecular weight excluding hydrogens is 479 g/mol. The lowest BCUT2D eigenvalue weighted by molar-refractivity contribution is -0.150. The summed E-state index contributed by atoms with van der Waals surface area (Å²) in [5.74, 6) is -0.230. The fraction of sp³-hybridized carbons (Fsp3) is 0.385. The van der Waals surface area contributed by atoms with Crippen molar-refractivity contribution >= 4 is 17.3 Å². The summed E-state index contributed by atoms with van der Waals surface area (Å²) in [6.45, 7) is 6.43. The van der Waals surface area contributed by atoms with Gasteiger partial charge >= 0.3 is 12.1 Å². The first-order valence-corrected chi connectivity index (χ1v) is 12.2. The summed E-state index contributed by atoms with van der Waals surface area (Å²) in [5, 5.41) is 12.1. The number of thiazole rings is 1. The summed E-state index contributed by atoms with van der Waals surface area (Å²) >= 11 is 1.47. The molecule has 1 atom stereocenters. The second kappa shape index (κ2) is 11.7. The number of aliphatic carboxylic acids is 1. The van der Waals surface area contributed by atoms with Crippen LogP contribution in [0.5, 0.6) is 5.75 Å². The molecule has 1 aromatic heterocycles. The Bertz CT molecular complexity index is 1140. The van der Waals surface area contributed by atoms with Crippen molar-refractivity contribution in [3.63, 3.8) is 0 Å². The molecule has 5 nitrogen and oxygen atoms in total. The Morgan fingerprint density at radius 2 is 1.86 bits per heavy atom. The number of ether oxygens (including phenoxy) is 2. The van der Waals surface area contributed by atoms with E-state index < -0.39 is 23.8 Å². The number of aryl methyl sites for hydroxylation is 3. The molecule has 0 bridgehead atoms. The van der Waals surface area contributed by atoms with Gasteiger partial charge in [0.1, 0.15) is 5.75 Å². The highest BCUT2D eigenvalue weighted by atomic mass is 32.1. The average molecular weight is 508 g/mol. The molecule has 35 heavy (non-hydrogen) atoms. The van der Waals surface area contributed by atoms with Crippen molar-refractivity contribution in [3.05, 3.63) is 69.0 Å². The van der Waals surface area contributed by atoms with Crippen molar-refractivity contribution in [3.8, 4) is 17.0 Å². The van der Waals surface area contributed by atoms with E-state index in [-0.39, 0.29) is 0 Å². The number of hydrogen-bond acceptors (Lipinski definition) is 5. The van der Waals surface area contributed by atoms with Crippen molar-refractivity contribution in [2.45, 2.75) is 52.3 Å². The minimum atomic E-state index is -4.35. The molecule has 0 aliphatic heterocycles. The van der Waals surface area contributed by atoms with Crippen LogP contribution < -0.4 is 4.74 Å². The molecule has 9 heteroatoms. The summed E-state index contributed by atoms with van der Waals surface area (Å²) in [6.07, 6.45) is -3.52. The van der Waals surface area contributed by atoms with E-state index >= 15 is 0 Å². The summed E-state index contributed by atoms with van der Waals surface area (Å²) in [5.41, 5.74) is 3.41. The van der Waals surface area contributed by atoms with E-state index in [0.717, 1.165) is 46.0 Å². The second-order valence-electron chi connectivity index (χ2n) is 8.18. The van der Waals surface area contributed by atoms with Gasteiger partial charge in [0.25, 0.3) is 0 Å². The molecule has 1 unspecified atom stereocenters. The van der Waals surface area contributed by atoms with Crippen LogP contribution in [0.1, 0.15) is 40.6 Å². The van der Waals surface area contributed by atoms with E-state index in [0.29, 0.717) is 37.3 Å². The lowest BCUT2D eigenvalue weighted by Gasteiger charge is -2.17. The fourth-order valence-corrected chi connectivity index (χ4v) is 4.49. The van der Waals surface area contributed by atoms with Gasteiger partial charge < -0.3 is 14.6 Å². The number of rotatable bonds is 11. The number of carboxylic acid groups (broad SMARTS) is 1. The van der Waals surface area contributed by atoms with Crippen molar-refractivity contribution in [1.29, 1.82) is 0 Å². The SMILES string of the molecule is CCOC(Cc1cc(C)c(OCCCc2nc(-c3ccc(C(F)(F)F)cc3)cs2)cc1C)C(=O)O. The molecule has 0 radical (unpaired) electrons. The van der Waals surface area contributed by atoms with E-state index in [1.807, 2.05) is 31.4 Å². The molecule has 3 rings (SSSR count). The van der Waals surface area contributed by atoms with Crippen LogP contribution in [0.2, 0.25) is 0 Å². The van der Waals surface area contributed by atoms with Crippen LogP contribution in [0.25, 0.3) is 11.3 Å². The van der Waals surface area contributed by atoms with Crippen LogP contribution >= 0.6 is 11.3 Å². The smallest absolute Gasteiger partial charge is 0.416 e. The molecule has 0 fully saturated rings. The third-order valence-electron chi connectivity index (χ3n) is 5.53. The minimum Gasteiger partial charge on any atom is -0.493 e. The number of aromatic nitrogens is 1. The van der Waals surface area contributed by atoms with E-state index in [1.165, 1.54) is 23.5 Å². The van der Waals surface area contributed by atoms with Gasteiger partial charge in [0.2, 0.25) is 0 Å². The minimum absolute atomic E-state index is 0.293. The molecule has 2 aromatic carbocycles. The van der Waals surface area contributed by atoms with Gasteiger partial charge in [-0.1, -0.05) is 18.2 Å². The molecule has 0 saturated heterocycles. The van der Waals surface area contributed by atoms with E-state index in [1.54, 1.807) is 6.92 Å². The first kappa shape index (κ1) is 26.7. The molecule has 0 saturated carbocycles. The van der Waals surface area contributed by atoms with Gasteiger partial charge in [-0.2, -0.15) is 13.2 Å². The fourth-order valence-electron chi connectivity index (χ4n) is 3.64. The van der Waals surface area contributed by atoms with Gasteiger partial charge in [0.05, 0.1) is 22.9 Å². The van der Waals surface area contributed by atoms with Crippen molar-refractivity contribution in [2.24, 2.45) is 0 Å². The zero-order valence-electron chi connectivity index (χ0n) is 19.8. The number of benzene rings is 2. The van der Waals surface area contributed by atoms with Crippen LogP contribution in [0, 0.1) is 13.8 Å². The lowest BCUT2D eigenvalue weighted by atomic mass is 9.99. The summed E-state index contributed by atoms with van der Waals surface area (Å²) < 4.78 is 49.5. The molecule has 0 spiro atoms. The highest BCUT2D eigenvalue weighted by Gasteiger charge is 2.30. The Labute approximate surface area is 206 Å². The third kappa shape index (κ3) is 7.29. The Hall–Kier alpha value is -2.91. The summed E-state index contributed by atoms with van der Waals surface area (Å²) in [7, 11) is 0. The molecule has 3 aromatic rings. The van der Waals surface area contributed by atoms with Gasteiger partial charge in [-0.3, -0.25) is 0 Å². The molecule has 0 aliphatic rings. The first-order valence-electron chi connectivity index (χ1n) is 11.3. The van der Waals surface area contributed by atoms with Crippen LogP contribution in [0.15, 0.2) is 41.8 Å². The predicted octanol–water partition coefficient (Wildman–Crippen LogP) is 6.49.